The molecule has 2 aliphatic heterocycles. The monoisotopic (exact) mass is 403 g/mol. The minimum absolute atomic E-state index is 0.0455. The van der Waals surface area contributed by atoms with Gasteiger partial charge in [-0.1, -0.05) is 0 Å². The van der Waals surface area contributed by atoms with E-state index in [1.807, 2.05) is 4.90 Å². The van der Waals surface area contributed by atoms with E-state index in [9.17, 15) is 19.8 Å². The van der Waals surface area contributed by atoms with E-state index < -0.39 is 35.6 Å². The van der Waals surface area contributed by atoms with Gasteiger partial charge in [0.05, 0.1) is 18.2 Å². The average molecular weight is 403 g/mol. The van der Waals surface area contributed by atoms with E-state index in [-0.39, 0.29) is 34.9 Å². The number of ether oxygens (including phenoxy) is 1. The molecule has 154 valence electrons. The highest BCUT2D eigenvalue weighted by molar-refractivity contribution is 5.97. The lowest BCUT2D eigenvalue weighted by Crippen LogP contribution is -2.38. The number of hydrogen-bond acceptors (Lipinski definition) is 6. The zero-order valence-corrected chi connectivity index (χ0v) is 15.7. The van der Waals surface area contributed by atoms with Crippen molar-refractivity contribution in [2.45, 2.75) is 30.8 Å². The molecule has 0 bridgehead atoms. The minimum Gasteiger partial charge on any atom is -0.487 e. The molecule has 1 aliphatic carbocycles. The maximum Gasteiger partial charge on any atom is 0.341 e. The molecule has 0 spiro atoms. The van der Waals surface area contributed by atoms with E-state index in [0.29, 0.717) is 18.6 Å². The molecule has 0 radical (unpaired) electrons. The third kappa shape index (κ3) is 2.64. The molecule has 4 N–H and O–H groups in total. The van der Waals surface area contributed by atoms with Crippen LogP contribution in [0.25, 0.3) is 10.9 Å². The van der Waals surface area contributed by atoms with Crippen LogP contribution in [0.2, 0.25) is 0 Å². The summed E-state index contributed by atoms with van der Waals surface area (Å²) >= 11 is 0. The standard InChI is InChI=1S/C20H22FN3O5/c21-14-6-10-5-13(19(27)28)18(26)24-12(8-25)9-29-17(15(10)24)16(14)23-4-1-11(7-23)20(22)2-3-20/h5-6,11-12,25H,1-4,7-9,22H2,(H,27,28)/t11-,12+/m1/s1. The molecule has 1 aromatic heterocycles. The van der Waals surface area contributed by atoms with Crippen LogP contribution in [0.15, 0.2) is 16.9 Å². The van der Waals surface area contributed by atoms with E-state index >= 15 is 4.39 Å². The number of aliphatic hydroxyl groups is 1. The average Bonchev–Trinajstić information content (AvgIpc) is 3.24. The Morgan fingerprint density at radius 2 is 2.14 bits per heavy atom. The number of carboxylic acid groups (broad SMARTS) is 1. The largest absolute Gasteiger partial charge is 0.487 e. The van der Waals surface area contributed by atoms with Gasteiger partial charge < -0.3 is 25.6 Å². The van der Waals surface area contributed by atoms with Crippen molar-refractivity contribution in [3.63, 3.8) is 0 Å². The summed E-state index contributed by atoms with van der Waals surface area (Å²) < 4.78 is 22.3. The number of nitrogens with two attached hydrogens (primary N) is 1. The summed E-state index contributed by atoms with van der Waals surface area (Å²) in [7, 11) is 0. The van der Waals surface area contributed by atoms with Crippen LogP contribution in [0.4, 0.5) is 10.1 Å². The number of rotatable bonds is 4. The second-order valence-electron chi connectivity index (χ2n) is 8.32. The first-order chi connectivity index (χ1) is 13.8. The van der Waals surface area contributed by atoms with Crippen LogP contribution < -0.4 is 20.9 Å². The molecule has 8 nitrogen and oxygen atoms in total. The summed E-state index contributed by atoms with van der Waals surface area (Å²) in [6.07, 6.45) is 2.81. The highest BCUT2D eigenvalue weighted by atomic mass is 19.1. The molecule has 2 atom stereocenters. The Balaban J connectivity index is 1.71. The predicted molar refractivity (Wildman–Crippen MR) is 103 cm³/mol. The van der Waals surface area contributed by atoms with Gasteiger partial charge in [-0.25, -0.2) is 9.18 Å². The molecule has 9 heteroatoms. The first-order valence-corrected chi connectivity index (χ1v) is 9.76. The number of nitrogens with zero attached hydrogens (tertiary/aromatic N) is 2. The fourth-order valence-electron chi connectivity index (χ4n) is 4.74. The number of hydrogen-bond donors (Lipinski definition) is 3. The zero-order chi connectivity index (χ0) is 20.5. The summed E-state index contributed by atoms with van der Waals surface area (Å²) in [5, 5.41) is 19.3. The van der Waals surface area contributed by atoms with E-state index in [1.54, 1.807) is 0 Å². The van der Waals surface area contributed by atoms with Gasteiger partial charge in [0.2, 0.25) is 0 Å². The lowest BCUT2D eigenvalue weighted by atomic mass is 9.97. The number of aliphatic hydroxyl groups excluding tert-OH is 1. The lowest BCUT2D eigenvalue weighted by Gasteiger charge is -2.31. The van der Waals surface area contributed by atoms with Crippen LogP contribution in [-0.2, 0) is 0 Å². The van der Waals surface area contributed by atoms with E-state index in [1.165, 1.54) is 16.7 Å². The van der Waals surface area contributed by atoms with Crippen LogP contribution >= 0.6 is 0 Å². The van der Waals surface area contributed by atoms with Crippen molar-refractivity contribution < 1.29 is 24.1 Å². The molecule has 3 heterocycles. The molecule has 1 saturated heterocycles. The Hall–Kier alpha value is -2.65. The lowest BCUT2D eigenvalue weighted by molar-refractivity contribution is 0.0692. The summed E-state index contributed by atoms with van der Waals surface area (Å²) in [6, 6.07) is 1.67. The quantitative estimate of drug-likeness (QED) is 0.699. The minimum atomic E-state index is -1.39. The Kier molecular flexibility index (Phi) is 3.91. The maximum atomic E-state index is 15.2. The van der Waals surface area contributed by atoms with Crippen molar-refractivity contribution in [3.8, 4) is 5.75 Å². The smallest absolute Gasteiger partial charge is 0.341 e. The number of pyridine rings is 1. The molecule has 2 fully saturated rings. The molecule has 0 amide bonds. The molecule has 3 aliphatic rings. The molecule has 2 aromatic rings. The summed E-state index contributed by atoms with van der Waals surface area (Å²) in [5.41, 5.74) is 5.58. The number of carboxylic acids is 1. The van der Waals surface area contributed by atoms with Gasteiger partial charge in [0.1, 0.15) is 17.9 Å². The summed E-state index contributed by atoms with van der Waals surface area (Å²) in [6.45, 7) is 0.793. The third-order valence-corrected chi connectivity index (χ3v) is 6.57. The fraction of sp³-hybridized carbons (Fsp3) is 0.500. The van der Waals surface area contributed by atoms with E-state index in [2.05, 4.69) is 0 Å². The van der Waals surface area contributed by atoms with Gasteiger partial charge in [-0.05, 0) is 37.3 Å². The van der Waals surface area contributed by atoms with Gasteiger partial charge in [0.15, 0.2) is 11.6 Å². The van der Waals surface area contributed by atoms with Crippen LogP contribution in [0.1, 0.15) is 35.7 Å². The summed E-state index contributed by atoms with van der Waals surface area (Å²) in [5.74, 6) is -1.43. The number of aromatic carboxylic acids is 1. The second kappa shape index (κ2) is 6.17. The van der Waals surface area contributed by atoms with Crippen molar-refractivity contribution in [2.75, 3.05) is 31.2 Å². The summed E-state index contributed by atoms with van der Waals surface area (Å²) in [4.78, 5) is 26.2. The highest BCUT2D eigenvalue weighted by Gasteiger charge is 2.48. The van der Waals surface area contributed by atoms with Gasteiger partial charge in [0, 0.05) is 24.0 Å². The molecule has 1 saturated carbocycles. The van der Waals surface area contributed by atoms with Gasteiger partial charge in [0.25, 0.3) is 5.56 Å². The SMILES string of the molecule is NC1([C@@H]2CCN(c3c(F)cc4cc(C(=O)O)c(=O)n5c4c3OC[C@@H]5CO)C2)CC1. The third-order valence-electron chi connectivity index (χ3n) is 6.57. The molecule has 29 heavy (non-hydrogen) atoms. The fourth-order valence-corrected chi connectivity index (χ4v) is 4.74. The zero-order valence-electron chi connectivity index (χ0n) is 15.7. The molecule has 1 aromatic carbocycles. The topological polar surface area (TPSA) is 118 Å². The van der Waals surface area contributed by atoms with E-state index in [0.717, 1.165) is 19.3 Å². The van der Waals surface area contributed by atoms with Crippen molar-refractivity contribution in [3.05, 3.63) is 33.9 Å². The van der Waals surface area contributed by atoms with Crippen LogP contribution in [0.3, 0.4) is 0 Å². The number of benzene rings is 1. The van der Waals surface area contributed by atoms with Gasteiger partial charge in [-0.3, -0.25) is 9.36 Å². The van der Waals surface area contributed by atoms with Crippen molar-refractivity contribution in [1.82, 2.24) is 4.57 Å². The Labute approximate surface area is 165 Å². The highest BCUT2D eigenvalue weighted by Crippen LogP contribution is 2.48. The van der Waals surface area contributed by atoms with Crippen LogP contribution in [0.5, 0.6) is 5.75 Å². The number of halogens is 1. The number of carbonyl (C=O) groups is 1. The Morgan fingerprint density at radius 1 is 1.38 bits per heavy atom. The van der Waals surface area contributed by atoms with E-state index in [4.69, 9.17) is 10.5 Å². The first-order valence-electron chi connectivity index (χ1n) is 9.76. The van der Waals surface area contributed by atoms with Crippen molar-refractivity contribution >= 4 is 22.6 Å². The molecule has 5 rings (SSSR count). The molecular formula is C20H22FN3O5. The second-order valence-corrected chi connectivity index (χ2v) is 8.32. The Morgan fingerprint density at radius 3 is 2.79 bits per heavy atom. The number of anilines is 1. The first kappa shape index (κ1) is 18.4. The molecular weight excluding hydrogens is 381 g/mol. The normalized spacial score (nSPS) is 24.6. The molecule has 0 unspecified atom stereocenters. The Bertz CT molecular complexity index is 1090. The predicted octanol–water partition coefficient (Wildman–Crippen LogP) is 1.08. The number of aromatic nitrogens is 1. The van der Waals surface area contributed by atoms with Crippen molar-refractivity contribution in [2.24, 2.45) is 11.7 Å². The maximum absolute atomic E-state index is 15.2. The van der Waals surface area contributed by atoms with Crippen molar-refractivity contribution in [1.29, 1.82) is 0 Å². The van der Waals surface area contributed by atoms with Gasteiger partial charge in [-0.2, -0.15) is 0 Å². The van der Waals surface area contributed by atoms with Crippen LogP contribution in [0, 0.1) is 11.7 Å². The van der Waals surface area contributed by atoms with Gasteiger partial charge in [-0.15, -0.1) is 0 Å². The van der Waals surface area contributed by atoms with Gasteiger partial charge >= 0.3 is 5.97 Å². The van der Waals surface area contributed by atoms with Crippen LogP contribution in [-0.4, -0.2) is 52.6 Å².